The first-order valence-corrected chi connectivity index (χ1v) is 11.4. The average molecular weight is 421 g/mol. The Morgan fingerprint density at radius 1 is 0.733 bits per heavy atom. The molecule has 30 heavy (non-hydrogen) atoms. The van der Waals surface area contributed by atoms with Gasteiger partial charge in [-0.3, -0.25) is 19.2 Å². The number of carbonyl (C=O) groups excluding carboxylic acids is 4. The second-order valence-electron chi connectivity index (χ2n) is 9.76. The van der Waals surface area contributed by atoms with Gasteiger partial charge in [-0.1, -0.05) is 27.7 Å². The van der Waals surface area contributed by atoms with Crippen LogP contribution in [0.4, 0.5) is 0 Å². The number of hydrogen-bond acceptors (Lipinski definition) is 4. The van der Waals surface area contributed by atoms with Crippen molar-refractivity contribution in [1.82, 2.24) is 20.4 Å². The lowest BCUT2D eigenvalue weighted by Crippen LogP contribution is -2.61. The summed E-state index contributed by atoms with van der Waals surface area (Å²) in [7, 11) is 0. The summed E-state index contributed by atoms with van der Waals surface area (Å²) in [5.41, 5.74) is 0. The van der Waals surface area contributed by atoms with Gasteiger partial charge in [0.15, 0.2) is 0 Å². The summed E-state index contributed by atoms with van der Waals surface area (Å²) in [4.78, 5) is 56.1. The normalized spacial score (nSPS) is 30.7. The van der Waals surface area contributed by atoms with Crippen LogP contribution in [0.3, 0.4) is 0 Å². The third-order valence-electron chi connectivity index (χ3n) is 6.32. The highest BCUT2D eigenvalue weighted by molar-refractivity contribution is 5.98. The topological polar surface area (TPSA) is 98.8 Å². The van der Waals surface area contributed by atoms with E-state index in [-0.39, 0.29) is 35.5 Å². The Labute approximate surface area is 179 Å². The first-order chi connectivity index (χ1) is 14.2. The molecule has 0 saturated carbocycles. The first kappa shape index (κ1) is 22.6. The lowest BCUT2D eigenvalue weighted by Gasteiger charge is -2.35. The Morgan fingerprint density at radius 3 is 1.43 bits per heavy atom. The summed E-state index contributed by atoms with van der Waals surface area (Å²) in [6.45, 7) is 9.02. The molecule has 0 bridgehead atoms. The van der Waals surface area contributed by atoms with E-state index in [1.807, 2.05) is 27.7 Å². The molecule has 4 atom stereocenters. The SMILES string of the molecule is CC(C)C[C@@H]1NC(=O)[C@@H]2CCCN2C(=O)[C@H](CC(C)C)NC(=O)[C@@H]2CCCN2C1=O. The molecule has 4 amide bonds. The van der Waals surface area contributed by atoms with Crippen LogP contribution < -0.4 is 10.6 Å². The number of nitrogens with one attached hydrogen (secondary N) is 2. The molecule has 2 N–H and O–H groups in total. The minimum Gasteiger partial charge on any atom is -0.342 e. The molecule has 8 nitrogen and oxygen atoms in total. The largest absolute Gasteiger partial charge is 0.342 e. The van der Waals surface area contributed by atoms with Crippen molar-refractivity contribution in [3.05, 3.63) is 0 Å². The standard InChI is InChI=1S/C22H36N4O4/c1-13(2)11-15-21(29)25-9-5-8-18(25)20(28)24-16(12-14(3)4)22(30)26-10-6-7-17(26)19(27)23-15/h13-18H,5-12H2,1-4H3,(H,23,27)(H,24,28)/t15-,16-,17-,18-/m0/s1. The first-order valence-electron chi connectivity index (χ1n) is 11.4. The third kappa shape index (κ3) is 4.78. The second-order valence-corrected chi connectivity index (χ2v) is 9.76. The molecule has 0 aromatic rings. The third-order valence-corrected chi connectivity index (χ3v) is 6.32. The lowest BCUT2D eigenvalue weighted by molar-refractivity contribution is -0.147. The van der Waals surface area contributed by atoms with Gasteiger partial charge in [0.25, 0.3) is 0 Å². The van der Waals surface area contributed by atoms with Crippen molar-refractivity contribution < 1.29 is 19.2 Å². The van der Waals surface area contributed by atoms with Gasteiger partial charge in [-0.15, -0.1) is 0 Å². The van der Waals surface area contributed by atoms with E-state index in [1.54, 1.807) is 9.80 Å². The van der Waals surface area contributed by atoms with Crippen LogP contribution in [0.15, 0.2) is 0 Å². The van der Waals surface area contributed by atoms with Crippen molar-refractivity contribution in [3.63, 3.8) is 0 Å². The van der Waals surface area contributed by atoms with Crippen molar-refractivity contribution in [3.8, 4) is 0 Å². The van der Waals surface area contributed by atoms with Gasteiger partial charge in [0, 0.05) is 13.1 Å². The number of rotatable bonds is 4. The molecule has 168 valence electrons. The Bertz CT molecular complexity index is 635. The predicted molar refractivity (Wildman–Crippen MR) is 112 cm³/mol. The van der Waals surface area contributed by atoms with Crippen molar-refractivity contribution in [2.24, 2.45) is 11.8 Å². The molecular formula is C22H36N4O4. The zero-order valence-electron chi connectivity index (χ0n) is 18.6. The van der Waals surface area contributed by atoms with Gasteiger partial charge in [0.1, 0.15) is 24.2 Å². The van der Waals surface area contributed by atoms with E-state index < -0.39 is 24.2 Å². The molecule has 3 heterocycles. The maximum absolute atomic E-state index is 13.3. The molecule has 0 aromatic carbocycles. The summed E-state index contributed by atoms with van der Waals surface area (Å²) in [5, 5.41) is 5.87. The second kappa shape index (κ2) is 9.35. The fourth-order valence-electron chi connectivity index (χ4n) is 4.93. The van der Waals surface area contributed by atoms with Crippen molar-refractivity contribution in [2.45, 2.75) is 90.4 Å². The summed E-state index contributed by atoms with van der Waals surface area (Å²) in [6.07, 6.45) is 3.65. The molecular weight excluding hydrogens is 384 g/mol. The zero-order chi connectivity index (χ0) is 22.0. The van der Waals surface area contributed by atoms with E-state index in [1.165, 1.54) is 0 Å². The van der Waals surface area contributed by atoms with E-state index in [2.05, 4.69) is 10.6 Å². The number of amides is 4. The number of hydrogen-bond donors (Lipinski definition) is 2. The molecule has 3 aliphatic rings. The Kier molecular flexibility index (Phi) is 7.03. The van der Waals surface area contributed by atoms with Crippen LogP contribution in [-0.4, -0.2) is 70.7 Å². The summed E-state index contributed by atoms with van der Waals surface area (Å²) >= 11 is 0. The zero-order valence-corrected chi connectivity index (χ0v) is 18.6. The molecule has 0 aromatic heterocycles. The van der Waals surface area contributed by atoms with E-state index in [0.717, 1.165) is 12.8 Å². The van der Waals surface area contributed by atoms with Crippen LogP contribution in [0, 0.1) is 11.8 Å². The van der Waals surface area contributed by atoms with Gasteiger partial charge in [-0.2, -0.15) is 0 Å². The molecule has 3 aliphatic heterocycles. The van der Waals surface area contributed by atoms with Crippen LogP contribution in [0.5, 0.6) is 0 Å². The van der Waals surface area contributed by atoms with E-state index >= 15 is 0 Å². The summed E-state index contributed by atoms with van der Waals surface area (Å²) < 4.78 is 0. The van der Waals surface area contributed by atoms with Crippen molar-refractivity contribution >= 4 is 23.6 Å². The smallest absolute Gasteiger partial charge is 0.245 e. The van der Waals surface area contributed by atoms with Gasteiger partial charge in [-0.25, -0.2) is 0 Å². The maximum Gasteiger partial charge on any atom is 0.245 e. The van der Waals surface area contributed by atoms with Crippen LogP contribution in [0.1, 0.15) is 66.2 Å². The van der Waals surface area contributed by atoms with Gasteiger partial charge >= 0.3 is 0 Å². The van der Waals surface area contributed by atoms with Gasteiger partial charge < -0.3 is 20.4 Å². The van der Waals surface area contributed by atoms with Crippen LogP contribution in [0.25, 0.3) is 0 Å². The Morgan fingerprint density at radius 2 is 1.10 bits per heavy atom. The van der Waals surface area contributed by atoms with E-state index in [0.29, 0.717) is 38.8 Å². The molecule has 8 heteroatoms. The Hall–Kier alpha value is -2.12. The van der Waals surface area contributed by atoms with Crippen LogP contribution in [0.2, 0.25) is 0 Å². The van der Waals surface area contributed by atoms with Gasteiger partial charge in [0.2, 0.25) is 23.6 Å². The number of fused-ring (bicyclic) bond motifs is 2. The molecule has 0 aliphatic carbocycles. The summed E-state index contributed by atoms with van der Waals surface area (Å²) in [5.74, 6) is -0.479. The van der Waals surface area contributed by atoms with Crippen LogP contribution in [-0.2, 0) is 19.2 Å². The molecule has 0 unspecified atom stereocenters. The molecule has 3 rings (SSSR count). The van der Waals surface area contributed by atoms with Crippen molar-refractivity contribution in [1.29, 1.82) is 0 Å². The fraction of sp³-hybridized carbons (Fsp3) is 0.818. The van der Waals surface area contributed by atoms with E-state index in [9.17, 15) is 19.2 Å². The quantitative estimate of drug-likeness (QED) is 0.710. The number of nitrogens with zero attached hydrogens (tertiary/aromatic N) is 2. The summed E-state index contributed by atoms with van der Waals surface area (Å²) in [6, 6.07) is -2.51. The van der Waals surface area contributed by atoms with Gasteiger partial charge in [-0.05, 0) is 50.4 Å². The highest BCUT2D eigenvalue weighted by atomic mass is 16.2. The molecule has 0 spiro atoms. The highest BCUT2D eigenvalue weighted by Gasteiger charge is 2.43. The van der Waals surface area contributed by atoms with Crippen molar-refractivity contribution in [2.75, 3.05) is 13.1 Å². The average Bonchev–Trinajstić information content (AvgIpc) is 3.33. The minimum atomic E-state index is -0.672. The number of carbonyl (C=O) groups is 4. The molecule has 0 radical (unpaired) electrons. The van der Waals surface area contributed by atoms with Gasteiger partial charge in [0.05, 0.1) is 0 Å². The Balaban J connectivity index is 1.96. The van der Waals surface area contributed by atoms with E-state index in [4.69, 9.17) is 0 Å². The predicted octanol–water partition coefficient (Wildman–Crippen LogP) is 1.04. The molecule has 3 fully saturated rings. The van der Waals surface area contributed by atoms with Crippen LogP contribution >= 0.6 is 0 Å². The monoisotopic (exact) mass is 420 g/mol. The maximum atomic E-state index is 13.3. The minimum absolute atomic E-state index is 0.188. The molecule has 3 saturated heterocycles. The highest BCUT2D eigenvalue weighted by Crippen LogP contribution is 2.25. The lowest BCUT2D eigenvalue weighted by atomic mass is 9.99. The fourth-order valence-corrected chi connectivity index (χ4v) is 4.93.